The molecular weight excluding hydrogens is 408 g/mol. The number of ether oxygens (including phenoxy) is 1. The number of rotatable bonds is 5. The lowest BCUT2D eigenvalue weighted by atomic mass is 9.91. The van der Waals surface area contributed by atoms with Gasteiger partial charge in [0.1, 0.15) is 22.9 Å². The van der Waals surface area contributed by atoms with Crippen molar-refractivity contribution in [2.45, 2.75) is 42.7 Å². The molecule has 9 heteroatoms. The summed E-state index contributed by atoms with van der Waals surface area (Å²) in [5, 5.41) is 2.90. The first-order valence-electron chi connectivity index (χ1n) is 8.69. The van der Waals surface area contributed by atoms with Crippen LogP contribution in [-0.2, 0) is 0 Å². The Kier molecular flexibility index (Phi) is 8.03. The minimum absolute atomic E-state index is 0. The smallest absolute Gasteiger partial charge is 0.257 e. The predicted octanol–water partition coefficient (Wildman–Crippen LogP) is 4.30. The number of carbonyl (C=O) groups is 1. The van der Waals surface area contributed by atoms with Crippen LogP contribution in [0.5, 0.6) is 11.6 Å². The summed E-state index contributed by atoms with van der Waals surface area (Å²) in [4.78, 5) is 16.9. The molecule has 1 aliphatic rings. The van der Waals surface area contributed by atoms with Crippen LogP contribution in [-0.4, -0.2) is 29.2 Å². The lowest BCUT2D eigenvalue weighted by Crippen LogP contribution is -2.40. The molecule has 0 saturated heterocycles. The van der Waals surface area contributed by atoms with E-state index in [2.05, 4.69) is 10.3 Å². The molecule has 0 spiro atoms. The van der Waals surface area contributed by atoms with Crippen LogP contribution in [0.2, 0.25) is 0 Å². The third-order valence-corrected chi connectivity index (χ3v) is 5.26. The number of benzene rings is 1. The van der Waals surface area contributed by atoms with Crippen molar-refractivity contribution in [3.8, 4) is 11.6 Å². The molecule has 28 heavy (non-hydrogen) atoms. The maximum Gasteiger partial charge on any atom is 0.257 e. The molecule has 1 aromatic carbocycles. The maximum atomic E-state index is 13.7. The van der Waals surface area contributed by atoms with Crippen molar-refractivity contribution in [2.24, 2.45) is 5.73 Å². The molecule has 0 aliphatic heterocycles. The van der Waals surface area contributed by atoms with Crippen molar-refractivity contribution in [3.63, 3.8) is 0 Å². The van der Waals surface area contributed by atoms with Crippen LogP contribution in [0.1, 0.15) is 36.0 Å². The van der Waals surface area contributed by atoms with E-state index in [9.17, 15) is 13.6 Å². The van der Waals surface area contributed by atoms with Gasteiger partial charge in [0, 0.05) is 17.0 Å². The lowest BCUT2D eigenvalue weighted by Gasteiger charge is -2.27. The number of nitrogens with one attached hydrogen (secondary N) is 1. The largest absolute Gasteiger partial charge is 0.438 e. The Hall–Kier alpha value is -1.90. The van der Waals surface area contributed by atoms with Gasteiger partial charge in [-0.05, 0) is 56.2 Å². The van der Waals surface area contributed by atoms with Gasteiger partial charge in [-0.2, -0.15) is 0 Å². The van der Waals surface area contributed by atoms with Crippen molar-refractivity contribution in [2.75, 3.05) is 6.26 Å². The van der Waals surface area contributed by atoms with Crippen LogP contribution >= 0.6 is 24.2 Å². The SMILES string of the molecule is CSc1cc(Oc2ncc(F)cc2C(=O)NC2CCC(N)CC2)ccc1F.Cl. The molecule has 1 heterocycles. The molecule has 3 rings (SSSR count). The number of thioether (sulfide) groups is 1. The predicted molar refractivity (Wildman–Crippen MR) is 107 cm³/mol. The number of nitrogens with two attached hydrogens (primary N) is 1. The Morgan fingerprint density at radius 1 is 1.25 bits per heavy atom. The third kappa shape index (κ3) is 5.56. The highest BCUT2D eigenvalue weighted by Gasteiger charge is 2.23. The average molecular weight is 430 g/mol. The molecule has 0 radical (unpaired) electrons. The highest BCUT2D eigenvalue weighted by atomic mass is 35.5. The number of halogens is 3. The van der Waals surface area contributed by atoms with E-state index < -0.39 is 11.7 Å². The molecule has 0 atom stereocenters. The summed E-state index contributed by atoms with van der Waals surface area (Å²) in [5.41, 5.74) is 5.88. The highest BCUT2D eigenvalue weighted by molar-refractivity contribution is 7.98. The van der Waals surface area contributed by atoms with Gasteiger partial charge >= 0.3 is 0 Å². The first-order chi connectivity index (χ1) is 13.0. The first-order valence-corrected chi connectivity index (χ1v) is 9.92. The summed E-state index contributed by atoms with van der Waals surface area (Å²) < 4.78 is 33.0. The van der Waals surface area contributed by atoms with E-state index in [-0.39, 0.29) is 41.8 Å². The zero-order valence-corrected chi connectivity index (χ0v) is 16.9. The van der Waals surface area contributed by atoms with Gasteiger partial charge in [-0.1, -0.05) is 0 Å². The van der Waals surface area contributed by atoms with Crippen molar-refractivity contribution in [1.29, 1.82) is 0 Å². The van der Waals surface area contributed by atoms with Crippen molar-refractivity contribution >= 4 is 30.1 Å². The lowest BCUT2D eigenvalue weighted by molar-refractivity contribution is 0.0922. The van der Waals surface area contributed by atoms with Crippen molar-refractivity contribution in [1.82, 2.24) is 10.3 Å². The second-order valence-electron chi connectivity index (χ2n) is 6.49. The number of aromatic nitrogens is 1. The minimum atomic E-state index is -0.637. The molecule has 0 bridgehead atoms. The highest BCUT2D eigenvalue weighted by Crippen LogP contribution is 2.29. The molecule has 1 amide bonds. The monoisotopic (exact) mass is 429 g/mol. The number of hydrogen-bond acceptors (Lipinski definition) is 5. The quantitative estimate of drug-likeness (QED) is 0.693. The molecule has 1 aromatic heterocycles. The van der Waals surface area contributed by atoms with Crippen molar-refractivity contribution < 1.29 is 18.3 Å². The topological polar surface area (TPSA) is 77.2 Å². The Bertz CT molecular complexity index is 833. The van der Waals surface area contributed by atoms with E-state index in [0.29, 0.717) is 10.6 Å². The Morgan fingerprint density at radius 3 is 2.64 bits per heavy atom. The molecule has 1 fully saturated rings. The molecular formula is C19H22ClF2N3O2S. The molecule has 3 N–H and O–H groups in total. The van der Waals surface area contributed by atoms with E-state index in [1.807, 2.05) is 0 Å². The Balaban J connectivity index is 0.00000280. The maximum absolute atomic E-state index is 13.7. The van der Waals surface area contributed by atoms with Gasteiger partial charge < -0.3 is 15.8 Å². The van der Waals surface area contributed by atoms with Gasteiger partial charge in [-0.25, -0.2) is 13.8 Å². The van der Waals surface area contributed by atoms with Gasteiger partial charge in [0.2, 0.25) is 5.88 Å². The molecule has 1 aliphatic carbocycles. The second kappa shape index (κ2) is 10.0. The summed E-state index contributed by atoms with van der Waals surface area (Å²) in [6.45, 7) is 0. The standard InChI is InChI=1S/C19H21F2N3O2S.ClH/c1-27-17-9-14(6-7-16(17)21)26-19-15(8-11(20)10-23-19)18(25)24-13-4-2-12(22)3-5-13;/h6-10,12-13H,2-5,22H2,1H3,(H,24,25);1H. The number of pyridine rings is 1. The van der Waals surface area contributed by atoms with Crippen LogP contribution in [0.15, 0.2) is 35.4 Å². The number of amides is 1. The number of hydrogen-bond donors (Lipinski definition) is 2. The fourth-order valence-corrected chi connectivity index (χ4v) is 3.51. The van der Waals surface area contributed by atoms with Crippen LogP contribution in [0.25, 0.3) is 0 Å². The molecule has 1 saturated carbocycles. The molecule has 152 valence electrons. The molecule has 2 aromatic rings. The number of nitrogens with zero attached hydrogens (tertiary/aromatic N) is 1. The summed E-state index contributed by atoms with van der Waals surface area (Å²) in [5.74, 6) is -1.17. The second-order valence-corrected chi connectivity index (χ2v) is 7.34. The summed E-state index contributed by atoms with van der Waals surface area (Å²) >= 11 is 1.23. The van der Waals surface area contributed by atoms with Crippen LogP contribution in [0, 0.1) is 11.6 Å². The minimum Gasteiger partial charge on any atom is -0.438 e. The normalized spacial score (nSPS) is 18.9. The van der Waals surface area contributed by atoms with E-state index in [1.165, 1.54) is 30.0 Å². The fourth-order valence-electron chi connectivity index (χ4n) is 3.01. The number of carbonyl (C=O) groups excluding carboxylic acids is 1. The van der Waals surface area contributed by atoms with Gasteiger partial charge in [-0.15, -0.1) is 24.2 Å². The van der Waals surface area contributed by atoms with E-state index >= 15 is 0 Å². The van der Waals surface area contributed by atoms with E-state index in [4.69, 9.17) is 10.5 Å². The van der Waals surface area contributed by atoms with E-state index in [1.54, 1.807) is 6.26 Å². The molecule has 0 unspecified atom stereocenters. The van der Waals surface area contributed by atoms with Crippen LogP contribution in [0.3, 0.4) is 0 Å². The summed E-state index contributed by atoms with van der Waals surface area (Å²) in [7, 11) is 0. The third-order valence-electron chi connectivity index (χ3n) is 4.51. The zero-order valence-electron chi connectivity index (χ0n) is 15.3. The first kappa shape index (κ1) is 22.4. The van der Waals surface area contributed by atoms with Gasteiger partial charge in [0.15, 0.2) is 0 Å². The summed E-state index contributed by atoms with van der Waals surface area (Å²) in [6.07, 6.45) is 5.95. The Labute approximate surface area is 172 Å². The van der Waals surface area contributed by atoms with E-state index in [0.717, 1.165) is 37.9 Å². The van der Waals surface area contributed by atoms with Gasteiger partial charge in [-0.3, -0.25) is 4.79 Å². The van der Waals surface area contributed by atoms with Crippen molar-refractivity contribution in [3.05, 3.63) is 47.7 Å². The average Bonchev–Trinajstić information content (AvgIpc) is 2.66. The Morgan fingerprint density at radius 2 is 1.96 bits per heavy atom. The van der Waals surface area contributed by atoms with Gasteiger partial charge in [0.25, 0.3) is 5.91 Å². The van der Waals surface area contributed by atoms with Crippen LogP contribution in [0.4, 0.5) is 8.78 Å². The fraction of sp³-hybridized carbons (Fsp3) is 0.368. The van der Waals surface area contributed by atoms with Gasteiger partial charge in [0.05, 0.1) is 6.20 Å². The summed E-state index contributed by atoms with van der Waals surface area (Å²) in [6, 6.07) is 5.46. The van der Waals surface area contributed by atoms with Crippen LogP contribution < -0.4 is 15.8 Å². The molecule has 5 nitrogen and oxygen atoms in total. The zero-order chi connectivity index (χ0) is 19.4.